The second kappa shape index (κ2) is 7.76. The van der Waals surface area contributed by atoms with Gasteiger partial charge in [0.15, 0.2) is 5.60 Å². The van der Waals surface area contributed by atoms with Crippen molar-refractivity contribution in [3.63, 3.8) is 0 Å². The first-order chi connectivity index (χ1) is 11.5. The Labute approximate surface area is 143 Å². The Balaban J connectivity index is 2.38. The third kappa shape index (κ3) is 4.21. The van der Waals surface area contributed by atoms with Crippen LogP contribution in [0.15, 0.2) is 42.5 Å². The lowest BCUT2D eigenvalue weighted by Gasteiger charge is -2.21. The molecule has 0 aliphatic rings. The highest BCUT2D eigenvalue weighted by Gasteiger charge is 2.25. The van der Waals surface area contributed by atoms with Crippen LogP contribution in [0.4, 0.5) is 0 Å². The second-order valence-electron chi connectivity index (χ2n) is 5.35. The Morgan fingerprint density at radius 1 is 1.04 bits per heavy atom. The lowest BCUT2D eigenvalue weighted by atomic mass is 9.95. The summed E-state index contributed by atoms with van der Waals surface area (Å²) < 4.78 is 16.0. The minimum absolute atomic E-state index is 0.486. The van der Waals surface area contributed by atoms with Gasteiger partial charge in [-0.3, -0.25) is 0 Å². The maximum atomic E-state index is 10.8. The zero-order chi connectivity index (χ0) is 17.6. The molecule has 0 saturated carbocycles. The number of hydrogen-bond donors (Lipinski definition) is 1. The quantitative estimate of drug-likeness (QED) is 0.856. The maximum absolute atomic E-state index is 10.8. The summed E-state index contributed by atoms with van der Waals surface area (Å²) in [5.41, 5.74) is 0.00137. The fraction of sp³-hybridized carbons (Fsp3) is 0.300. The molecule has 0 spiro atoms. The predicted octanol–water partition coefficient (Wildman–Crippen LogP) is 3.36. The fourth-order valence-electron chi connectivity index (χ4n) is 2.27. The molecule has 0 aliphatic heterocycles. The van der Waals surface area contributed by atoms with E-state index in [0.29, 0.717) is 23.7 Å². The van der Waals surface area contributed by atoms with Crippen molar-refractivity contribution in [1.82, 2.24) is 0 Å². The molecule has 126 valence electrons. The summed E-state index contributed by atoms with van der Waals surface area (Å²) in [5, 5.41) is 10.8. The van der Waals surface area contributed by atoms with E-state index >= 15 is 0 Å². The third-order valence-electron chi connectivity index (χ3n) is 3.53. The van der Waals surface area contributed by atoms with Gasteiger partial charge < -0.3 is 19.3 Å². The van der Waals surface area contributed by atoms with E-state index in [9.17, 15) is 5.11 Å². The van der Waals surface area contributed by atoms with Crippen LogP contribution in [-0.2, 0) is 5.60 Å². The Morgan fingerprint density at radius 3 is 2.42 bits per heavy atom. The van der Waals surface area contributed by atoms with Crippen LogP contribution in [0.2, 0.25) is 0 Å². The molecule has 2 rings (SSSR count). The highest BCUT2D eigenvalue weighted by molar-refractivity contribution is 5.49. The predicted molar refractivity (Wildman–Crippen MR) is 93.6 cm³/mol. The van der Waals surface area contributed by atoms with Crippen LogP contribution >= 0.6 is 0 Å². The van der Waals surface area contributed by atoms with E-state index in [0.717, 1.165) is 11.3 Å². The van der Waals surface area contributed by atoms with E-state index in [1.807, 2.05) is 31.2 Å². The average Bonchev–Trinajstić information content (AvgIpc) is 2.60. The van der Waals surface area contributed by atoms with Crippen molar-refractivity contribution in [2.45, 2.75) is 19.4 Å². The maximum Gasteiger partial charge on any atom is 0.152 e. The summed E-state index contributed by atoms with van der Waals surface area (Å²) in [6.45, 7) is 4.02. The van der Waals surface area contributed by atoms with Crippen LogP contribution in [0, 0.1) is 11.8 Å². The van der Waals surface area contributed by atoms with Gasteiger partial charge in [0, 0.05) is 17.2 Å². The summed E-state index contributed by atoms with van der Waals surface area (Å²) in [6.07, 6.45) is 0. The van der Waals surface area contributed by atoms with Crippen LogP contribution in [0.5, 0.6) is 17.2 Å². The molecule has 1 atom stereocenters. The first-order valence-electron chi connectivity index (χ1n) is 7.71. The van der Waals surface area contributed by atoms with Gasteiger partial charge in [0.1, 0.15) is 17.2 Å². The summed E-state index contributed by atoms with van der Waals surface area (Å²) in [5.74, 6) is 7.84. The molecule has 1 unspecified atom stereocenters. The molecule has 0 aliphatic carbocycles. The normalized spacial score (nSPS) is 12.5. The zero-order valence-corrected chi connectivity index (χ0v) is 14.4. The average molecular weight is 326 g/mol. The summed E-state index contributed by atoms with van der Waals surface area (Å²) in [6, 6.07) is 12.7. The van der Waals surface area contributed by atoms with Crippen LogP contribution in [0.3, 0.4) is 0 Å². The molecule has 2 aromatic rings. The largest absolute Gasteiger partial charge is 0.497 e. The molecule has 0 saturated heterocycles. The monoisotopic (exact) mass is 326 g/mol. The van der Waals surface area contributed by atoms with Crippen LogP contribution < -0.4 is 14.2 Å². The molecule has 2 aromatic carbocycles. The molecule has 0 radical (unpaired) electrons. The lowest BCUT2D eigenvalue weighted by molar-refractivity contribution is 0.117. The van der Waals surface area contributed by atoms with Crippen molar-refractivity contribution in [1.29, 1.82) is 0 Å². The fourth-order valence-corrected chi connectivity index (χ4v) is 2.27. The highest BCUT2D eigenvalue weighted by Crippen LogP contribution is 2.33. The first kappa shape index (κ1) is 17.7. The first-order valence-corrected chi connectivity index (χ1v) is 7.71. The second-order valence-corrected chi connectivity index (χ2v) is 5.35. The summed E-state index contributed by atoms with van der Waals surface area (Å²) in [4.78, 5) is 0. The molecule has 0 fully saturated rings. The Kier molecular flexibility index (Phi) is 5.73. The van der Waals surface area contributed by atoms with Crippen molar-refractivity contribution in [2.75, 3.05) is 20.8 Å². The number of rotatable bonds is 5. The van der Waals surface area contributed by atoms with E-state index in [4.69, 9.17) is 14.2 Å². The number of benzene rings is 2. The molecule has 4 nitrogen and oxygen atoms in total. The molecule has 1 N–H and O–H groups in total. The smallest absolute Gasteiger partial charge is 0.152 e. The van der Waals surface area contributed by atoms with Crippen LogP contribution in [0.1, 0.15) is 25.0 Å². The zero-order valence-electron chi connectivity index (χ0n) is 14.4. The molecular weight excluding hydrogens is 304 g/mol. The molecule has 0 aromatic heterocycles. The number of hydrogen-bond acceptors (Lipinski definition) is 4. The Bertz CT molecular complexity index is 754. The van der Waals surface area contributed by atoms with Gasteiger partial charge in [0.25, 0.3) is 0 Å². The van der Waals surface area contributed by atoms with Crippen molar-refractivity contribution in [2.24, 2.45) is 0 Å². The van der Waals surface area contributed by atoms with Crippen molar-refractivity contribution < 1.29 is 19.3 Å². The molecular formula is C20H22O4. The van der Waals surface area contributed by atoms with E-state index in [2.05, 4.69) is 11.8 Å². The topological polar surface area (TPSA) is 47.9 Å². The summed E-state index contributed by atoms with van der Waals surface area (Å²) >= 11 is 0. The van der Waals surface area contributed by atoms with Crippen LogP contribution in [-0.4, -0.2) is 25.9 Å². The van der Waals surface area contributed by atoms with E-state index in [1.54, 1.807) is 39.3 Å². The van der Waals surface area contributed by atoms with Gasteiger partial charge in [-0.15, -0.1) is 0 Å². The van der Waals surface area contributed by atoms with Gasteiger partial charge in [-0.25, -0.2) is 0 Å². The van der Waals surface area contributed by atoms with Gasteiger partial charge in [-0.2, -0.15) is 0 Å². The Morgan fingerprint density at radius 2 is 1.75 bits per heavy atom. The van der Waals surface area contributed by atoms with Gasteiger partial charge in [0.05, 0.1) is 20.8 Å². The van der Waals surface area contributed by atoms with E-state index < -0.39 is 5.60 Å². The van der Waals surface area contributed by atoms with Crippen molar-refractivity contribution in [3.05, 3.63) is 53.6 Å². The third-order valence-corrected chi connectivity index (χ3v) is 3.53. The van der Waals surface area contributed by atoms with Crippen LogP contribution in [0.25, 0.3) is 0 Å². The SMILES string of the molecule is CCOc1cc(OC)ccc1C(C)(O)C#Cc1cccc(OC)c1. The lowest BCUT2D eigenvalue weighted by Crippen LogP contribution is -2.20. The van der Waals surface area contributed by atoms with E-state index in [1.165, 1.54) is 0 Å². The van der Waals surface area contributed by atoms with Gasteiger partial charge in [-0.1, -0.05) is 17.9 Å². The van der Waals surface area contributed by atoms with Gasteiger partial charge in [0.2, 0.25) is 0 Å². The molecule has 24 heavy (non-hydrogen) atoms. The number of ether oxygens (including phenoxy) is 3. The number of aliphatic hydroxyl groups is 1. The standard InChI is InChI=1S/C20H22O4/c1-5-24-19-14-17(23-4)9-10-18(19)20(2,21)12-11-15-7-6-8-16(13-15)22-3/h6-10,13-14,21H,5H2,1-4H3. The van der Waals surface area contributed by atoms with E-state index in [-0.39, 0.29) is 0 Å². The number of methoxy groups -OCH3 is 2. The van der Waals surface area contributed by atoms with Gasteiger partial charge in [-0.05, 0) is 44.2 Å². The Hall–Kier alpha value is -2.64. The molecule has 0 heterocycles. The minimum Gasteiger partial charge on any atom is -0.497 e. The summed E-state index contributed by atoms with van der Waals surface area (Å²) in [7, 11) is 3.19. The molecule has 0 amide bonds. The van der Waals surface area contributed by atoms with Crippen molar-refractivity contribution >= 4 is 0 Å². The minimum atomic E-state index is -1.36. The van der Waals surface area contributed by atoms with Crippen molar-refractivity contribution in [3.8, 4) is 29.1 Å². The highest BCUT2D eigenvalue weighted by atomic mass is 16.5. The molecule has 4 heteroatoms. The molecule has 0 bridgehead atoms. The van der Waals surface area contributed by atoms with Gasteiger partial charge >= 0.3 is 0 Å².